The van der Waals surface area contributed by atoms with E-state index in [0.717, 1.165) is 30.6 Å². The summed E-state index contributed by atoms with van der Waals surface area (Å²) in [6.45, 7) is 4.02. The summed E-state index contributed by atoms with van der Waals surface area (Å²) in [4.78, 5) is 4.26. The fourth-order valence-corrected chi connectivity index (χ4v) is 2.61. The number of hydrogen-bond acceptors (Lipinski definition) is 2. The second-order valence-corrected chi connectivity index (χ2v) is 4.92. The van der Waals surface area contributed by atoms with Crippen molar-refractivity contribution in [3.8, 4) is 5.75 Å². The zero-order valence-corrected chi connectivity index (χ0v) is 11.9. The molecule has 0 aliphatic heterocycles. The van der Waals surface area contributed by atoms with E-state index in [-0.39, 0.29) is 0 Å². The van der Waals surface area contributed by atoms with Gasteiger partial charge in [-0.25, -0.2) is 4.98 Å². The molecule has 4 heteroatoms. The van der Waals surface area contributed by atoms with Gasteiger partial charge in [-0.15, -0.1) is 0 Å². The molecule has 20 heavy (non-hydrogen) atoms. The van der Waals surface area contributed by atoms with Gasteiger partial charge in [-0.1, -0.05) is 13.0 Å². The molecule has 0 aliphatic carbocycles. The number of nitrogens with zero attached hydrogens (tertiary/aromatic N) is 3. The lowest BCUT2D eigenvalue weighted by molar-refractivity contribution is 0.420. The monoisotopic (exact) mass is 269 g/mol. The number of methoxy groups -OCH3 is 1. The molecule has 1 aromatic carbocycles. The number of fused-ring (bicyclic) bond motifs is 1. The Bertz CT molecular complexity index is 711. The van der Waals surface area contributed by atoms with Gasteiger partial charge in [0.1, 0.15) is 5.75 Å². The normalized spacial score (nSPS) is 11.1. The molecule has 0 saturated heterocycles. The second-order valence-electron chi connectivity index (χ2n) is 4.92. The van der Waals surface area contributed by atoms with Crippen LogP contribution in [0.4, 0.5) is 0 Å². The van der Waals surface area contributed by atoms with E-state index in [4.69, 9.17) is 4.74 Å². The van der Waals surface area contributed by atoms with E-state index >= 15 is 0 Å². The lowest BCUT2D eigenvalue weighted by Crippen LogP contribution is -2.06. The van der Waals surface area contributed by atoms with Gasteiger partial charge in [0.05, 0.1) is 31.2 Å². The smallest absolute Gasteiger partial charge is 0.128 e. The Labute approximate surface area is 118 Å². The van der Waals surface area contributed by atoms with E-state index in [1.165, 1.54) is 11.2 Å². The fourth-order valence-electron chi connectivity index (χ4n) is 2.61. The first-order valence-electron chi connectivity index (χ1n) is 6.94. The number of aryl methyl sites for hydroxylation is 1. The molecule has 2 aromatic heterocycles. The van der Waals surface area contributed by atoms with E-state index in [1.54, 1.807) is 7.11 Å². The molecule has 0 spiro atoms. The minimum Gasteiger partial charge on any atom is -0.496 e. The lowest BCUT2D eigenvalue weighted by atomic mass is 10.2. The average molecular weight is 269 g/mol. The van der Waals surface area contributed by atoms with Crippen molar-refractivity contribution in [1.82, 2.24) is 14.1 Å². The van der Waals surface area contributed by atoms with E-state index in [9.17, 15) is 0 Å². The molecular formula is C16H19N3O. The SMILES string of the molecule is CCCn1cncc1Cn1ccc2c(OC)cccc21. The van der Waals surface area contributed by atoms with Crippen molar-refractivity contribution in [2.75, 3.05) is 7.11 Å². The van der Waals surface area contributed by atoms with Crippen molar-refractivity contribution in [2.45, 2.75) is 26.4 Å². The zero-order valence-electron chi connectivity index (χ0n) is 11.9. The Morgan fingerprint density at radius 2 is 2.10 bits per heavy atom. The Kier molecular flexibility index (Phi) is 3.46. The van der Waals surface area contributed by atoms with Crippen molar-refractivity contribution in [2.24, 2.45) is 0 Å². The molecule has 3 rings (SSSR count). The van der Waals surface area contributed by atoms with Crippen LogP contribution in [0.15, 0.2) is 43.0 Å². The first kappa shape index (κ1) is 12.8. The van der Waals surface area contributed by atoms with Crippen LogP contribution in [-0.4, -0.2) is 21.2 Å². The topological polar surface area (TPSA) is 32.0 Å². The number of imidazole rings is 1. The maximum absolute atomic E-state index is 5.41. The average Bonchev–Trinajstić information content (AvgIpc) is 3.07. The minimum absolute atomic E-state index is 0.830. The molecule has 0 amide bonds. The van der Waals surface area contributed by atoms with Gasteiger partial charge in [0.25, 0.3) is 0 Å². The van der Waals surface area contributed by atoms with Gasteiger partial charge in [-0.05, 0) is 24.6 Å². The van der Waals surface area contributed by atoms with Gasteiger partial charge >= 0.3 is 0 Å². The summed E-state index contributed by atoms with van der Waals surface area (Å²) >= 11 is 0. The molecule has 0 aliphatic rings. The standard InChI is InChI=1S/C16H19N3O/c1-3-8-19-12-17-10-13(19)11-18-9-7-14-15(18)5-4-6-16(14)20-2/h4-7,9-10,12H,3,8,11H2,1-2H3. The van der Waals surface area contributed by atoms with Crippen LogP contribution < -0.4 is 4.74 Å². The van der Waals surface area contributed by atoms with Crippen molar-refractivity contribution in [3.63, 3.8) is 0 Å². The molecule has 104 valence electrons. The van der Waals surface area contributed by atoms with Crippen LogP contribution in [0, 0.1) is 0 Å². The van der Waals surface area contributed by atoms with Crippen LogP contribution in [0.1, 0.15) is 19.0 Å². The minimum atomic E-state index is 0.830. The summed E-state index contributed by atoms with van der Waals surface area (Å²) in [5, 5.41) is 1.15. The fraction of sp³-hybridized carbons (Fsp3) is 0.312. The Morgan fingerprint density at radius 1 is 1.20 bits per heavy atom. The molecule has 4 nitrogen and oxygen atoms in total. The number of aromatic nitrogens is 3. The van der Waals surface area contributed by atoms with Crippen LogP contribution in [0.3, 0.4) is 0 Å². The van der Waals surface area contributed by atoms with Gasteiger partial charge in [0.2, 0.25) is 0 Å². The highest BCUT2D eigenvalue weighted by Crippen LogP contribution is 2.26. The van der Waals surface area contributed by atoms with E-state index in [0.29, 0.717) is 0 Å². The third-order valence-corrected chi connectivity index (χ3v) is 3.59. The number of benzene rings is 1. The molecule has 0 bridgehead atoms. The van der Waals surface area contributed by atoms with Gasteiger partial charge in [-0.3, -0.25) is 0 Å². The molecular weight excluding hydrogens is 250 g/mol. The number of hydrogen-bond donors (Lipinski definition) is 0. The summed E-state index contributed by atoms with van der Waals surface area (Å²) in [5.41, 5.74) is 2.42. The summed E-state index contributed by atoms with van der Waals surface area (Å²) < 4.78 is 9.86. The first-order valence-corrected chi connectivity index (χ1v) is 6.94. The highest BCUT2D eigenvalue weighted by Gasteiger charge is 2.08. The summed E-state index contributed by atoms with van der Waals surface area (Å²) in [6.07, 6.45) is 7.08. The summed E-state index contributed by atoms with van der Waals surface area (Å²) in [5.74, 6) is 0.920. The van der Waals surface area contributed by atoms with Gasteiger partial charge < -0.3 is 13.9 Å². The third-order valence-electron chi connectivity index (χ3n) is 3.59. The van der Waals surface area contributed by atoms with Crippen molar-refractivity contribution in [1.29, 1.82) is 0 Å². The highest BCUT2D eigenvalue weighted by atomic mass is 16.5. The Balaban J connectivity index is 1.97. The third kappa shape index (κ3) is 2.18. The molecule has 0 atom stereocenters. The predicted octanol–water partition coefficient (Wildman–Crippen LogP) is 3.30. The lowest BCUT2D eigenvalue weighted by Gasteiger charge is -2.09. The highest BCUT2D eigenvalue weighted by molar-refractivity contribution is 5.86. The molecule has 0 unspecified atom stereocenters. The predicted molar refractivity (Wildman–Crippen MR) is 80.1 cm³/mol. The van der Waals surface area contributed by atoms with E-state index in [2.05, 4.69) is 39.4 Å². The van der Waals surface area contributed by atoms with Crippen LogP contribution in [0.5, 0.6) is 5.75 Å². The number of ether oxygens (including phenoxy) is 1. The van der Waals surface area contributed by atoms with Gasteiger partial charge in [0, 0.05) is 24.3 Å². The summed E-state index contributed by atoms with van der Waals surface area (Å²) in [6, 6.07) is 8.25. The molecule has 2 heterocycles. The zero-order chi connectivity index (χ0) is 13.9. The van der Waals surface area contributed by atoms with Crippen LogP contribution in [0.2, 0.25) is 0 Å². The first-order chi connectivity index (χ1) is 9.83. The van der Waals surface area contributed by atoms with Gasteiger partial charge in [0.15, 0.2) is 0 Å². The molecule has 0 radical (unpaired) electrons. The van der Waals surface area contributed by atoms with Crippen LogP contribution in [-0.2, 0) is 13.1 Å². The molecule has 0 saturated carbocycles. The van der Waals surface area contributed by atoms with E-state index in [1.807, 2.05) is 24.7 Å². The maximum atomic E-state index is 5.41. The van der Waals surface area contributed by atoms with Gasteiger partial charge in [-0.2, -0.15) is 0 Å². The van der Waals surface area contributed by atoms with Crippen LogP contribution >= 0.6 is 0 Å². The molecule has 0 fully saturated rings. The number of rotatable bonds is 5. The van der Waals surface area contributed by atoms with Crippen molar-refractivity contribution < 1.29 is 4.74 Å². The van der Waals surface area contributed by atoms with Crippen molar-refractivity contribution in [3.05, 3.63) is 48.7 Å². The summed E-state index contributed by atoms with van der Waals surface area (Å²) in [7, 11) is 1.71. The largest absolute Gasteiger partial charge is 0.496 e. The molecule has 0 N–H and O–H groups in total. The molecule has 3 aromatic rings. The van der Waals surface area contributed by atoms with E-state index < -0.39 is 0 Å². The Hall–Kier alpha value is -2.23. The van der Waals surface area contributed by atoms with Crippen molar-refractivity contribution >= 4 is 10.9 Å². The van der Waals surface area contributed by atoms with Crippen LogP contribution in [0.25, 0.3) is 10.9 Å². The second kappa shape index (κ2) is 5.41. The Morgan fingerprint density at radius 3 is 2.90 bits per heavy atom. The quantitative estimate of drug-likeness (QED) is 0.711. The maximum Gasteiger partial charge on any atom is 0.128 e.